The first-order valence-corrected chi connectivity index (χ1v) is 9.23. The monoisotopic (exact) mass is 353 g/mol. The van der Waals surface area contributed by atoms with Crippen molar-refractivity contribution in [2.45, 2.75) is 25.8 Å². The fraction of sp³-hybridized carbons (Fsp3) is 0.381. The quantitative estimate of drug-likeness (QED) is 0.798. The predicted molar refractivity (Wildman–Crippen MR) is 105 cm³/mol. The normalized spacial score (nSPS) is 17.1. The number of likely N-dealkylation sites (N-methyl/N-ethyl adjacent to an activating group) is 1. The molecule has 5 nitrogen and oxygen atoms in total. The van der Waals surface area contributed by atoms with Gasteiger partial charge in [-0.05, 0) is 62.3 Å². The van der Waals surface area contributed by atoms with Crippen molar-refractivity contribution < 1.29 is 9.53 Å². The number of nitrogens with one attached hydrogen (secondary N) is 2. The van der Waals surface area contributed by atoms with Crippen LogP contribution in [0.3, 0.4) is 0 Å². The van der Waals surface area contributed by atoms with Gasteiger partial charge in [-0.25, -0.2) is 0 Å². The van der Waals surface area contributed by atoms with Crippen LogP contribution < -0.4 is 15.4 Å². The number of benzene rings is 2. The fourth-order valence-corrected chi connectivity index (χ4v) is 3.47. The average molecular weight is 353 g/mol. The Bertz CT molecular complexity index is 730. The first kappa shape index (κ1) is 18.3. The minimum Gasteiger partial charge on any atom is -0.497 e. The van der Waals surface area contributed by atoms with Gasteiger partial charge in [-0.1, -0.05) is 19.1 Å². The van der Waals surface area contributed by atoms with E-state index in [9.17, 15) is 4.79 Å². The molecule has 1 fully saturated rings. The minimum absolute atomic E-state index is 0.0374. The van der Waals surface area contributed by atoms with E-state index in [-0.39, 0.29) is 5.91 Å². The van der Waals surface area contributed by atoms with Crippen LogP contribution in [0.1, 0.15) is 30.1 Å². The molecule has 1 atom stereocenters. The van der Waals surface area contributed by atoms with Gasteiger partial charge in [-0.15, -0.1) is 0 Å². The van der Waals surface area contributed by atoms with E-state index in [1.807, 2.05) is 48.5 Å². The zero-order chi connectivity index (χ0) is 18.4. The van der Waals surface area contributed by atoms with Gasteiger partial charge >= 0.3 is 0 Å². The highest BCUT2D eigenvalue weighted by molar-refractivity contribution is 6.00. The van der Waals surface area contributed by atoms with E-state index in [2.05, 4.69) is 22.5 Å². The summed E-state index contributed by atoms with van der Waals surface area (Å²) >= 11 is 0. The molecule has 1 aliphatic rings. The molecular formula is C21H27N3O2. The summed E-state index contributed by atoms with van der Waals surface area (Å²) in [6.45, 7) is 5.04. The second-order valence-electron chi connectivity index (χ2n) is 6.53. The lowest BCUT2D eigenvalue weighted by Gasteiger charge is -2.23. The van der Waals surface area contributed by atoms with E-state index in [1.165, 1.54) is 6.42 Å². The van der Waals surface area contributed by atoms with Crippen LogP contribution in [0.15, 0.2) is 48.5 Å². The molecule has 2 aromatic carbocycles. The zero-order valence-electron chi connectivity index (χ0n) is 15.5. The number of ether oxygens (including phenoxy) is 1. The third-order valence-electron chi connectivity index (χ3n) is 4.94. The third-order valence-corrected chi connectivity index (χ3v) is 4.94. The summed E-state index contributed by atoms with van der Waals surface area (Å²) in [4.78, 5) is 15.2. The first-order chi connectivity index (χ1) is 12.7. The number of para-hydroxylation sites is 1. The molecule has 0 spiro atoms. The largest absolute Gasteiger partial charge is 0.497 e. The number of rotatable bonds is 7. The molecule has 5 heteroatoms. The lowest BCUT2D eigenvalue weighted by atomic mass is 10.1. The van der Waals surface area contributed by atoms with Gasteiger partial charge in [0, 0.05) is 18.3 Å². The van der Waals surface area contributed by atoms with Gasteiger partial charge in [0.25, 0.3) is 5.91 Å². The van der Waals surface area contributed by atoms with Gasteiger partial charge in [0.05, 0.1) is 18.4 Å². The van der Waals surface area contributed by atoms with Crippen molar-refractivity contribution in [1.82, 2.24) is 10.2 Å². The molecule has 1 heterocycles. The van der Waals surface area contributed by atoms with E-state index in [0.29, 0.717) is 18.2 Å². The summed E-state index contributed by atoms with van der Waals surface area (Å²) in [5.74, 6) is 0.767. The number of carbonyl (C=O) groups is 1. The minimum atomic E-state index is -0.0374. The van der Waals surface area contributed by atoms with Gasteiger partial charge in [0.2, 0.25) is 0 Å². The number of anilines is 2. The van der Waals surface area contributed by atoms with Crippen LogP contribution in [0.25, 0.3) is 0 Å². The average Bonchev–Trinajstić information content (AvgIpc) is 3.15. The van der Waals surface area contributed by atoms with Gasteiger partial charge in [-0.3, -0.25) is 9.69 Å². The molecular weight excluding hydrogens is 326 g/mol. The smallest absolute Gasteiger partial charge is 0.253 e. The molecule has 26 heavy (non-hydrogen) atoms. The van der Waals surface area contributed by atoms with Crippen molar-refractivity contribution >= 4 is 17.3 Å². The number of carbonyl (C=O) groups excluding carboxylic acids is 1. The maximum Gasteiger partial charge on any atom is 0.253 e. The number of likely N-dealkylation sites (tertiary alicyclic amines) is 1. The Morgan fingerprint density at radius 1 is 1.19 bits per heavy atom. The third kappa shape index (κ3) is 4.35. The maximum atomic E-state index is 12.7. The topological polar surface area (TPSA) is 53.6 Å². The Kier molecular flexibility index (Phi) is 6.12. The highest BCUT2D eigenvalue weighted by Crippen LogP contribution is 2.23. The Balaban J connectivity index is 1.66. The van der Waals surface area contributed by atoms with Crippen molar-refractivity contribution in [3.05, 3.63) is 54.1 Å². The molecule has 3 rings (SSSR count). The summed E-state index contributed by atoms with van der Waals surface area (Å²) in [5, 5.41) is 6.43. The predicted octanol–water partition coefficient (Wildman–Crippen LogP) is 3.65. The second-order valence-corrected chi connectivity index (χ2v) is 6.53. The number of hydrogen-bond acceptors (Lipinski definition) is 4. The maximum absolute atomic E-state index is 12.7. The van der Waals surface area contributed by atoms with Crippen molar-refractivity contribution in [3.8, 4) is 5.75 Å². The van der Waals surface area contributed by atoms with E-state index < -0.39 is 0 Å². The fourth-order valence-electron chi connectivity index (χ4n) is 3.47. The van der Waals surface area contributed by atoms with Crippen LogP contribution in [-0.2, 0) is 0 Å². The lowest BCUT2D eigenvalue weighted by Crippen LogP contribution is -2.40. The number of nitrogens with zero attached hydrogens (tertiary/aromatic N) is 1. The molecule has 0 aliphatic carbocycles. The summed E-state index contributed by atoms with van der Waals surface area (Å²) in [6, 6.07) is 15.7. The highest BCUT2D eigenvalue weighted by atomic mass is 16.5. The number of amides is 1. The van der Waals surface area contributed by atoms with E-state index >= 15 is 0 Å². The van der Waals surface area contributed by atoms with E-state index in [1.54, 1.807) is 7.11 Å². The molecule has 1 amide bonds. The van der Waals surface area contributed by atoms with Gasteiger partial charge in [0.15, 0.2) is 0 Å². The van der Waals surface area contributed by atoms with Crippen molar-refractivity contribution in [3.63, 3.8) is 0 Å². The number of hydrogen-bond donors (Lipinski definition) is 2. The van der Waals surface area contributed by atoms with Crippen LogP contribution in [0, 0.1) is 0 Å². The molecule has 138 valence electrons. The van der Waals surface area contributed by atoms with Crippen LogP contribution in [0.4, 0.5) is 11.4 Å². The van der Waals surface area contributed by atoms with Crippen LogP contribution in [0.2, 0.25) is 0 Å². The Hall–Kier alpha value is -2.53. The van der Waals surface area contributed by atoms with Crippen molar-refractivity contribution in [2.75, 3.05) is 32.1 Å². The number of methoxy groups -OCH3 is 1. The van der Waals surface area contributed by atoms with Gasteiger partial charge < -0.3 is 15.4 Å². The summed E-state index contributed by atoms with van der Waals surface area (Å²) in [6.07, 6.45) is 2.36. The molecule has 0 bridgehead atoms. The molecule has 1 unspecified atom stereocenters. The molecule has 0 radical (unpaired) electrons. The highest BCUT2D eigenvalue weighted by Gasteiger charge is 2.23. The molecule has 0 aromatic heterocycles. The van der Waals surface area contributed by atoms with Crippen molar-refractivity contribution in [2.24, 2.45) is 0 Å². The van der Waals surface area contributed by atoms with E-state index in [4.69, 9.17) is 4.74 Å². The lowest BCUT2D eigenvalue weighted by molar-refractivity contribution is 0.0942. The second kappa shape index (κ2) is 8.72. The van der Waals surface area contributed by atoms with Crippen LogP contribution >= 0.6 is 0 Å². The zero-order valence-corrected chi connectivity index (χ0v) is 15.5. The summed E-state index contributed by atoms with van der Waals surface area (Å²) in [5.41, 5.74) is 2.37. The van der Waals surface area contributed by atoms with E-state index in [0.717, 1.165) is 36.6 Å². The summed E-state index contributed by atoms with van der Waals surface area (Å²) < 4.78 is 5.18. The Morgan fingerprint density at radius 3 is 2.69 bits per heavy atom. The molecule has 0 saturated carbocycles. The molecule has 2 aromatic rings. The Labute approximate surface area is 155 Å². The first-order valence-electron chi connectivity index (χ1n) is 9.23. The van der Waals surface area contributed by atoms with Crippen LogP contribution in [-0.4, -0.2) is 43.6 Å². The Morgan fingerprint density at radius 2 is 1.96 bits per heavy atom. The molecule has 1 saturated heterocycles. The van der Waals surface area contributed by atoms with Gasteiger partial charge in [0.1, 0.15) is 5.75 Å². The SMILES string of the molecule is CCN1CCCC1CNC(=O)c1ccccc1Nc1ccc(OC)cc1. The van der Waals surface area contributed by atoms with Gasteiger partial charge in [-0.2, -0.15) is 0 Å². The summed E-state index contributed by atoms with van der Waals surface area (Å²) in [7, 11) is 1.64. The standard InChI is InChI=1S/C21H27N3O2/c1-3-24-14-6-7-17(24)15-22-21(25)19-8-4-5-9-20(19)23-16-10-12-18(26-2)13-11-16/h4-5,8-13,17,23H,3,6-7,14-15H2,1-2H3,(H,22,25). The molecule has 1 aliphatic heterocycles. The van der Waals surface area contributed by atoms with Crippen LogP contribution in [0.5, 0.6) is 5.75 Å². The molecule has 2 N–H and O–H groups in total. The van der Waals surface area contributed by atoms with Crippen molar-refractivity contribution in [1.29, 1.82) is 0 Å².